The van der Waals surface area contributed by atoms with Gasteiger partial charge in [0.2, 0.25) is 0 Å². The van der Waals surface area contributed by atoms with Crippen molar-refractivity contribution in [3.8, 4) is 0 Å². The first-order valence-electron chi connectivity index (χ1n) is 8.05. The number of pyridine rings is 1. The van der Waals surface area contributed by atoms with Crippen LogP contribution in [0.15, 0.2) is 57.9 Å². The number of halogens is 3. The van der Waals surface area contributed by atoms with Gasteiger partial charge in [-0.3, -0.25) is 9.20 Å². The summed E-state index contributed by atoms with van der Waals surface area (Å²) in [5.41, 5.74) is -1.37. The normalized spacial score (nSPS) is 11.8. The Morgan fingerprint density at radius 2 is 1.93 bits per heavy atom. The topological polar surface area (TPSA) is 89.5 Å². The fourth-order valence-corrected chi connectivity index (χ4v) is 2.70. The van der Waals surface area contributed by atoms with Crippen LogP contribution in [-0.4, -0.2) is 20.5 Å². The Kier molecular flexibility index (Phi) is 4.10. The fourth-order valence-electron chi connectivity index (χ4n) is 2.70. The molecule has 0 aliphatic heterocycles. The number of nitrogens with one attached hydrogen (secondary N) is 1. The molecular weight excluding hydrogens is 377 g/mol. The second-order valence-electron chi connectivity index (χ2n) is 5.93. The van der Waals surface area contributed by atoms with Gasteiger partial charge in [-0.25, -0.2) is 4.79 Å². The standard InChI is InChI=1S/C18H11F3N4O3/c19-18(20,21)11-5-6-14-23-24-15(25(14)9-11)8-22-16(26)12-7-10-3-1-2-4-13(10)28-17(12)27/h1-7,9H,8H2,(H,22,26). The third kappa shape index (κ3) is 3.20. The van der Waals surface area contributed by atoms with Crippen molar-refractivity contribution in [2.45, 2.75) is 12.7 Å². The van der Waals surface area contributed by atoms with Gasteiger partial charge >= 0.3 is 11.8 Å². The number of carbonyl (C=O) groups excluding carboxylic acids is 1. The van der Waals surface area contributed by atoms with E-state index in [1.165, 1.54) is 12.1 Å². The maximum atomic E-state index is 12.9. The quantitative estimate of drug-likeness (QED) is 0.545. The van der Waals surface area contributed by atoms with Crippen LogP contribution in [0.1, 0.15) is 21.7 Å². The van der Waals surface area contributed by atoms with E-state index in [1.807, 2.05) is 0 Å². The van der Waals surface area contributed by atoms with Crippen LogP contribution in [0.5, 0.6) is 0 Å². The van der Waals surface area contributed by atoms with E-state index < -0.39 is 23.3 Å². The molecule has 1 amide bonds. The van der Waals surface area contributed by atoms with Crippen molar-refractivity contribution >= 4 is 22.5 Å². The summed E-state index contributed by atoms with van der Waals surface area (Å²) in [6, 6.07) is 10.2. The number of fused-ring (bicyclic) bond motifs is 2. The van der Waals surface area contributed by atoms with E-state index in [2.05, 4.69) is 15.5 Å². The van der Waals surface area contributed by atoms with E-state index >= 15 is 0 Å². The van der Waals surface area contributed by atoms with Crippen molar-refractivity contribution < 1.29 is 22.4 Å². The minimum absolute atomic E-state index is 0.0830. The first-order chi connectivity index (χ1) is 13.3. The van der Waals surface area contributed by atoms with Gasteiger partial charge in [-0.2, -0.15) is 13.2 Å². The zero-order valence-electron chi connectivity index (χ0n) is 14.0. The lowest BCUT2D eigenvalue weighted by atomic mass is 10.2. The molecule has 0 radical (unpaired) electrons. The van der Waals surface area contributed by atoms with Crippen LogP contribution >= 0.6 is 0 Å². The van der Waals surface area contributed by atoms with Gasteiger partial charge in [0.25, 0.3) is 5.91 Å². The van der Waals surface area contributed by atoms with Crippen LogP contribution in [0.3, 0.4) is 0 Å². The smallest absolute Gasteiger partial charge is 0.417 e. The number of benzene rings is 1. The Bertz CT molecular complexity index is 1260. The van der Waals surface area contributed by atoms with Gasteiger partial charge in [-0.15, -0.1) is 10.2 Å². The molecule has 7 nitrogen and oxygen atoms in total. The van der Waals surface area contributed by atoms with Gasteiger partial charge in [0.05, 0.1) is 12.1 Å². The molecule has 3 aromatic heterocycles. The number of carbonyl (C=O) groups is 1. The third-order valence-corrected chi connectivity index (χ3v) is 4.09. The second kappa shape index (κ2) is 6.48. The van der Waals surface area contributed by atoms with E-state index in [9.17, 15) is 22.8 Å². The summed E-state index contributed by atoms with van der Waals surface area (Å²) in [6.07, 6.45) is -3.68. The molecule has 1 N–H and O–H groups in total. The summed E-state index contributed by atoms with van der Waals surface area (Å²) in [5, 5.41) is 10.6. The van der Waals surface area contributed by atoms with E-state index in [0.717, 1.165) is 16.7 Å². The molecule has 3 heterocycles. The number of alkyl halides is 3. The SMILES string of the molecule is O=C(NCc1nnc2ccc(C(F)(F)F)cn12)c1cc2ccccc2oc1=O. The highest BCUT2D eigenvalue weighted by molar-refractivity contribution is 5.96. The van der Waals surface area contributed by atoms with E-state index in [1.54, 1.807) is 24.3 Å². The predicted octanol–water partition coefficient (Wildman–Crippen LogP) is 2.78. The number of amides is 1. The predicted molar refractivity (Wildman–Crippen MR) is 91.6 cm³/mol. The monoisotopic (exact) mass is 388 g/mol. The molecular formula is C18H11F3N4O3. The number of rotatable bonds is 3. The molecule has 4 rings (SSSR count). The summed E-state index contributed by atoms with van der Waals surface area (Å²) in [4.78, 5) is 24.4. The highest BCUT2D eigenvalue weighted by Gasteiger charge is 2.31. The molecule has 1 aromatic carbocycles. The number of hydrogen-bond donors (Lipinski definition) is 1. The number of para-hydroxylation sites is 1. The molecule has 4 aromatic rings. The molecule has 28 heavy (non-hydrogen) atoms. The van der Waals surface area contributed by atoms with Crippen LogP contribution in [0.4, 0.5) is 13.2 Å². The summed E-state index contributed by atoms with van der Waals surface area (Å²) in [7, 11) is 0. The van der Waals surface area contributed by atoms with Crippen molar-refractivity contribution in [3.05, 3.63) is 76.0 Å². The third-order valence-electron chi connectivity index (χ3n) is 4.09. The van der Waals surface area contributed by atoms with Crippen molar-refractivity contribution in [1.82, 2.24) is 19.9 Å². The number of aromatic nitrogens is 3. The average molecular weight is 388 g/mol. The Morgan fingerprint density at radius 1 is 1.14 bits per heavy atom. The van der Waals surface area contributed by atoms with E-state index in [0.29, 0.717) is 11.0 Å². The van der Waals surface area contributed by atoms with Crippen LogP contribution in [0.25, 0.3) is 16.6 Å². The van der Waals surface area contributed by atoms with Crippen molar-refractivity contribution in [3.63, 3.8) is 0 Å². The molecule has 0 spiro atoms. The molecule has 0 atom stereocenters. The van der Waals surface area contributed by atoms with Crippen LogP contribution in [0.2, 0.25) is 0 Å². The maximum Gasteiger partial charge on any atom is 0.417 e. The number of nitrogens with zero attached hydrogens (tertiary/aromatic N) is 3. The van der Waals surface area contributed by atoms with Gasteiger partial charge < -0.3 is 9.73 Å². The Labute approximate surface area is 154 Å². The summed E-state index contributed by atoms with van der Waals surface area (Å²) < 4.78 is 44.9. The van der Waals surface area contributed by atoms with Crippen LogP contribution in [-0.2, 0) is 12.7 Å². The van der Waals surface area contributed by atoms with Crippen LogP contribution < -0.4 is 10.9 Å². The maximum absolute atomic E-state index is 12.9. The first-order valence-corrected chi connectivity index (χ1v) is 8.05. The molecule has 0 aliphatic carbocycles. The molecule has 0 unspecified atom stereocenters. The molecule has 0 saturated heterocycles. The van der Waals surface area contributed by atoms with Crippen molar-refractivity contribution in [2.75, 3.05) is 0 Å². The minimum atomic E-state index is -4.52. The molecule has 0 saturated carbocycles. The van der Waals surface area contributed by atoms with Crippen molar-refractivity contribution in [1.29, 1.82) is 0 Å². The lowest BCUT2D eigenvalue weighted by Crippen LogP contribution is -2.28. The van der Waals surface area contributed by atoms with E-state index in [-0.39, 0.29) is 23.6 Å². The fraction of sp³-hybridized carbons (Fsp3) is 0.111. The minimum Gasteiger partial charge on any atom is -0.422 e. The van der Waals surface area contributed by atoms with Gasteiger partial charge in [0, 0.05) is 11.6 Å². The first kappa shape index (κ1) is 17.7. The van der Waals surface area contributed by atoms with Crippen molar-refractivity contribution in [2.24, 2.45) is 0 Å². The Hall–Kier alpha value is -3.69. The van der Waals surface area contributed by atoms with Gasteiger partial charge in [0.15, 0.2) is 11.5 Å². The largest absolute Gasteiger partial charge is 0.422 e. The summed E-state index contributed by atoms with van der Waals surface area (Å²) in [5.74, 6) is -0.650. The lowest BCUT2D eigenvalue weighted by molar-refractivity contribution is -0.137. The summed E-state index contributed by atoms with van der Waals surface area (Å²) >= 11 is 0. The Balaban J connectivity index is 1.60. The second-order valence-corrected chi connectivity index (χ2v) is 5.93. The van der Waals surface area contributed by atoms with Gasteiger partial charge in [0.1, 0.15) is 11.1 Å². The molecule has 0 aliphatic rings. The van der Waals surface area contributed by atoms with Gasteiger partial charge in [-0.05, 0) is 24.3 Å². The van der Waals surface area contributed by atoms with Crippen LogP contribution in [0, 0.1) is 0 Å². The van der Waals surface area contributed by atoms with E-state index in [4.69, 9.17) is 4.42 Å². The Morgan fingerprint density at radius 3 is 2.71 bits per heavy atom. The lowest BCUT2D eigenvalue weighted by Gasteiger charge is -2.08. The molecule has 0 bridgehead atoms. The summed E-state index contributed by atoms with van der Waals surface area (Å²) in [6.45, 7) is -0.229. The molecule has 0 fully saturated rings. The molecule has 142 valence electrons. The van der Waals surface area contributed by atoms with Gasteiger partial charge in [-0.1, -0.05) is 18.2 Å². The highest BCUT2D eigenvalue weighted by atomic mass is 19.4. The zero-order chi connectivity index (χ0) is 19.9. The average Bonchev–Trinajstić information content (AvgIpc) is 3.07. The highest BCUT2D eigenvalue weighted by Crippen LogP contribution is 2.29. The zero-order valence-corrected chi connectivity index (χ0v) is 14.0. The molecule has 10 heteroatoms. The number of hydrogen-bond acceptors (Lipinski definition) is 5.